The molecule has 0 radical (unpaired) electrons. The van der Waals surface area contributed by atoms with E-state index in [-0.39, 0.29) is 5.92 Å². The van der Waals surface area contributed by atoms with Crippen molar-refractivity contribution in [3.05, 3.63) is 0 Å². The number of halogens is 4. The highest BCUT2D eigenvalue weighted by molar-refractivity contribution is 9.09. The number of hydrogen-bond acceptors (Lipinski definition) is 1. The number of alkyl halides is 4. The Balaban J connectivity index is 4.26. The van der Waals surface area contributed by atoms with Crippen LogP contribution in [0.15, 0.2) is 0 Å². The smallest absolute Gasteiger partial charge is 0.344 e. The van der Waals surface area contributed by atoms with Gasteiger partial charge < -0.3 is 5.32 Å². The van der Waals surface area contributed by atoms with E-state index in [4.69, 9.17) is 0 Å². The minimum Gasteiger partial charge on any atom is -0.344 e. The van der Waals surface area contributed by atoms with Gasteiger partial charge in [0, 0.05) is 11.4 Å². The van der Waals surface area contributed by atoms with Crippen molar-refractivity contribution in [2.75, 3.05) is 5.33 Å². The normalized spacial score (nSPS) is 16.1. The van der Waals surface area contributed by atoms with Crippen molar-refractivity contribution in [2.45, 2.75) is 32.5 Å². The van der Waals surface area contributed by atoms with Crippen LogP contribution in [0.1, 0.15) is 20.3 Å². The van der Waals surface area contributed by atoms with E-state index in [0.29, 0.717) is 11.8 Å². The summed E-state index contributed by atoms with van der Waals surface area (Å²) in [6.45, 7) is 3.66. The van der Waals surface area contributed by atoms with E-state index in [1.807, 2.05) is 12.2 Å². The van der Waals surface area contributed by atoms with Crippen LogP contribution in [0.25, 0.3) is 0 Å². The molecule has 0 aromatic heterocycles. The molecule has 14 heavy (non-hydrogen) atoms. The van der Waals surface area contributed by atoms with Gasteiger partial charge in [-0.3, -0.25) is 4.79 Å². The van der Waals surface area contributed by atoms with Crippen LogP contribution in [0.2, 0.25) is 0 Å². The lowest BCUT2D eigenvalue weighted by atomic mass is 10.0. The number of rotatable bonds is 4. The molecule has 2 atom stereocenters. The molecule has 1 amide bonds. The Morgan fingerprint density at radius 2 is 2.00 bits per heavy atom. The minimum absolute atomic E-state index is 0.0145. The SMILES string of the molecule is CC[C@H](C)[C@@H](CBr)NC(=O)C(F)(F)F. The monoisotopic (exact) mass is 275 g/mol. The summed E-state index contributed by atoms with van der Waals surface area (Å²) in [6, 6.07) is -0.478. The first kappa shape index (κ1) is 13.7. The van der Waals surface area contributed by atoms with E-state index in [2.05, 4.69) is 15.9 Å². The molecule has 0 saturated carbocycles. The third kappa shape index (κ3) is 4.30. The summed E-state index contributed by atoms with van der Waals surface area (Å²) in [5.41, 5.74) is 0. The Bertz CT molecular complexity index is 196. The summed E-state index contributed by atoms with van der Waals surface area (Å²) in [7, 11) is 0. The van der Waals surface area contributed by atoms with Crippen LogP contribution < -0.4 is 5.32 Å². The second-order valence-corrected chi connectivity index (χ2v) is 3.77. The standard InChI is InChI=1S/C8H13BrF3NO/c1-3-5(2)6(4-9)13-7(14)8(10,11)12/h5-6H,3-4H2,1-2H3,(H,13,14)/t5-,6+/m0/s1. The van der Waals surface area contributed by atoms with Crippen molar-refractivity contribution >= 4 is 21.8 Å². The third-order valence-electron chi connectivity index (χ3n) is 2.07. The summed E-state index contributed by atoms with van der Waals surface area (Å²) in [4.78, 5) is 10.6. The van der Waals surface area contributed by atoms with Crippen LogP contribution in [0.4, 0.5) is 13.2 Å². The first-order valence-corrected chi connectivity index (χ1v) is 5.38. The topological polar surface area (TPSA) is 29.1 Å². The molecule has 0 fully saturated rings. The van der Waals surface area contributed by atoms with Crippen LogP contribution in [0, 0.1) is 5.92 Å². The molecule has 0 bridgehead atoms. The molecule has 0 aliphatic heterocycles. The molecular weight excluding hydrogens is 263 g/mol. The first-order valence-electron chi connectivity index (χ1n) is 4.26. The van der Waals surface area contributed by atoms with Crippen molar-refractivity contribution in [1.29, 1.82) is 0 Å². The van der Waals surface area contributed by atoms with Gasteiger partial charge in [-0.15, -0.1) is 0 Å². The lowest BCUT2D eigenvalue weighted by Gasteiger charge is -2.22. The van der Waals surface area contributed by atoms with Gasteiger partial charge >= 0.3 is 12.1 Å². The fourth-order valence-corrected chi connectivity index (χ4v) is 1.67. The Labute approximate surface area is 89.4 Å². The molecule has 0 rings (SSSR count). The van der Waals surface area contributed by atoms with E-state index >= 15 is 0 Å². The predicted octanol–water partition coefficient (Wildman–Crippen LogP) is 2.47. The molecular formula is C8H13BrF3NO. The summed E-state index contributed by atoms with van der Waals surface area (Å²) >= 11 is 3.07. The second kappa shape index (κ2) is 5.58. The molecule has 0 heterocycles. The van der Waals surface area contributed by atoms with Gasteiger partial charge in [0.15, 0.2) is 0 Å². The van der Waals surface area contributed by atoms with E-state index < -0.39 is 18.1 Å². The van der Waals surface area contributed by atoms with Crippen LogP contribution >= 0.6 is 15.9 Å². The highest BCUT2D eigenvalue weighted by Gasteiger charge is 2.40. The summed E-state index contributed by atoms with van der Waals surface area (Å²) in [5, 5.41) is 2.27. The highest BCUT2D eigenvalue weighted by atomic mass is 79.9. The number of carbonyl (C=O) groups excluding carboxylic acids is 1. The molecule has 0 aliphatic carbocycles. The van der Waals surface area contributed by atoms with Crippen LogP contribution in [0.3, 0.4) is 0 Å². The lowest BCUT2D eigenvalue weighted by Crippen LogP contribution is -2.46. The molecule has 0 spiro atoms. The van der Waals surface area contributed by atoms with Gasteiger partial charge in [-0.25, -0.2) is 0 Å². The summed E-state index contributed by atoms with van der Waals surface area (Å²) in [6.07, 6.45) is -4.08. The fraction of sp³-hybridized carbons (Fsp3) is 0.875. The van der Waals surface area contributed by atoms with Crippen molar-refractivity contribution in [1.82, 2.24) is 5.32 Å². The molecule has 2 nitrogen and oxygen atoms in total. The predicted molar refractivity (Wildman–Crippen MR) is 51.2 cm³/mol. The maximum atomic E-state index is 11.9. The quantitative estimate of drug-likeness (QED) is 0.785. The van der Waals surface area contributed by atoms with Crippen molar-refractivity contribution < 1.29 is 18.0 Å². The van der Waals surface area contributed by atoms with Crippen molar-refractivity contribution in [3.8, 4) is 0 Å². The maximum absolute atomic E-state index is 11.9. The van der Waals surface area contributed by atoms with Gasteiger partial charge in [-0.05, 0) is 5.92 Å². The number of amides is 1. The molecule has 1 N–H and O–H groups in total. The van der Waals surface area contributed by atoms with Gasteiger partial charge in [0.2, 0.25) is 0 Å². The van der Waals surface area contributed by atoms with E-state index in [1.165, 1.54) is 0 Å². The van der Waals surface area contributed by atoms with E-state index in [0.717, 1.165) is 0 Å². The molecule has 84 valence electrons. The largest absolute Gasteiger partial charge is 0.471 e. The molecule has 0 aromatic carbocycles. The average molecular weight is 276 g/mol. The summed E-state index contributed by atoms with van der Waals surface area (Å²) in [5.74, 6) is -1.86. The zero-order valence-corrected chi connectivity index (χ0v) is 9.58. The fourth-order valence-electron chi connectivity index (χ4n) is 0.868. The molecule has 0 aromatic rings. The highest BCUT2D eigenvalue weighted by Crippen LogP contribution is 2.17. The lowest BCUT2D eigenvalue weighted by molar-refractivity contribution is -0.174. The van der Waals surface area contributed by atoms with Crippen molar-refractivity contribution in [2.24, 2.45) is 5.92 Å². The van der Waals surface area contributed by atoms with Crippen molar-refractivity contribution in [3.63, 3.8) is 0 Å². The minimum atomic E-state index is -4.80. The van der Waals surface area contributed by atoms with Gasteiger partial charge in [-0.2, -0.15) is 13.2 Å². The molecule has 0 aliphatic rings. The van der Waals surface area contributed by atoms with Gasteiger partial charge in [0.1, 0.15) is 0 Å². The first-order chi connectivity index (χ1) is 6.32. The molecule has 6 heteroatoms. The summed E-state index contributed by atoms with van der Waals surface area (Å²) < 4.78 is 35.7. The number of nitrogens with one attached hydrogen (secondary N) is 1. The van der Waals surface area contributed by atoms with Gasteiger partial charge in [0.25, 0.3) is 0 Å². The third-order valence-corrected chi connectivity index (χ3v) is 2.77. The van der Waals surface area contributed by atoms with Crippen LogP contribution in [0.5, 0.6) is 0 Å². The van der Waals surface area contributed by atoms with Gasteiger partial charge in [0.05, 0.1) is 0 Å². The number of hydrogen-bond donors (Lipinski definition) is 1. The zero-order valence-electron chi connectivity index (χ0n) is 7.99. The Hall–Kier alpha value is -0.260. The second-order valence-electron chi connectivity index (χ2n) is 3.12. The Morgan fingerprint density at radius 3 is 2.29 bits per heavy atom. The van der Waals surface area contributed by atoms with Gasteiger partial charge in [-0.1, -0.05) is 36.2 Å². The van der Waals surface area contributed by atoms with Crippen LogP contribution in [-0.4, -0.2) is 23.5 Å². The molecule has 0 saturated heterocycles. The van der Waals surface area contributed by atoms with E-state index in [1.54, 1.807) is 6.92 Å². The Kier molecular flexibility index (Phi) is 5.48. The maximum Gasteiger partial charge on any atom is 0.471 e. The average Bonchev–Trinajstić information content (AvgIpc) is 2.10. The zero-order chi connectivity index (χ0) is 11.4. The molecule has 0 unspecified atom stereocenters. The Morgan fingerprint density at radius 1 is 1.50 bits per heavy atom. The van der Waals surface area contributed by atoms with Crippen LogP contribution in [-0.2, 0) is 4.79 Å². The number of carbonyl (C=O) groups is 1. The van der Waals surface area contributed by atoms with E-state index in [9.17, 15) is 18.0 Å².